The molecule has 0 amide bonds. The number of aliphatic hydroxyl groups is 1. The zero-order valence-corrected chi connectivity index (χ0v) is 21.1. The Kier molecular flexibility index (Phi) is 7.01. The number of nitrogens with zero attached hydrogens (tertiary/aromatic N) is 2. The molecule has 1 N–H and O–H groups in total. The normalized spacial score (nSPS) is 15.0. The summed E-state index contributed by atoms with van der Waals surface area (Å²) in [7, 11) is 0. The molecular weight excluding hydrogens is 464 g/mol. The predicted octanol–water partition coefficient (Wildman–Crippen LogP) is 6.44. The zero-order valence-electron chi connectivity index (χ0n) is 21.1. The highest BCUT2D eigenvalue weighted by atomic mass is 16.5. The molecule has 2 heterocycles. The lowest BCUT2D eigenvalue weighted by Crippen LogP contribution is -2.23. The van der Waals surface area contributed by atoms with Gasteiger partial charge in [0.25, 0.3) is 0 Å². The van der Waals surface area contributed by atoms with Crippen molar-refractivity contribution in [2.45, 2.75) is 44.6 Å². The molecule has 4 aromatic rings. The maximum atomic E-state index is 12.4. The summed E-state index contributed by atoms with van der Waals surface area (Å²) in [6.45, 7) is 4.08. The van der Waals surface area contributed by atoms with Crippen LogP contribution in [0.25, 0.3) is 28.5 Å². The molecule has 5 rings (SSSR count). The van der Waals surface area contributed by atoms with Crippen LogP contribution in [-0.4, -0.2) is 27.8 Å². The van der Waals surface area contributed by atoms with Crippen LogP contribution in [0.5, 0.6) is 0 Å². The van der Waals surface area contributed by atoms with E-state index in [9.17, 15) is 9.90 Å². The van der Waals surface area contributed by atoms with Gasteiger partial charge in [-0.1, -0.05) is 71.9 Å². The zero-order chi connectivity index (χ0) is 25.8. The van der Waals surface area contributed by atoms with E-state index in [2.05, 4.69) is 10.1 Å². The molecule has 0 spiro atoms. The van der Waals surface area contributed by atoms with Crippen molar-refractivity contribution in [1.29, 1.82) is 0 Å². The Morgan fingerprint density at radius 2 is 1.76 bits per heavy atom. The molecule has 0 radical (unpaired) electrons. The minimum atomic E-state index is -0.740. The van der Waals surface area contributed by atoms with Crippen molar-refractivity contribution >= 4 is 12.0 Å². The predicted molar refractivity (Wildman–Crippen MR) is 143 cm³/mol. The monoisotopic (exact) mass is 494 g/mol. The van der Waals surface area contributed by atoms with Crippen molar-refractivity contribution in [3.8, 4) is 22.5 Å². The molecule has 1 atom stereocenters. The fraction of sp³-hybridized carbons (Fsp3) is 0.258. The van der Waals surface area contributed by atoms with Gasteiger partial charge in [-0.2, -0.15) is 0 Å². The van der Waals surface area contributed by atoms with Crippen molar-refractivity contribution in [1.82, 2.24) is 10.1 Å². The smallest absolute Gasteiger partial charge is 0.316 e. The average Bonchev–Trinajstić information content (AvgIpc) is 3.66. The van der Waals surface area contributed by atoms with Crippen LogP contribution in [0.1, 0.15) is 54.7 Å². The topological polar surface area (TPSA) is 85.5 Å². The summed E-state index contributed by atoms with van der Waals surface area (Å²) < 4.78 is 10.9. The van der Waals surface area contributed by atoms with Gasteiger partial charge in [-0.25, -0.2) is 0 Å². The van der Waals surface area contributed by atoms with Crippen molar-refractivity contribution in [3.63, 3.8) is 0 Å². The molecule has 0 saturated heterocycles. The van der Waals surface area contributed by atoms with Crippen LogP contribution in [0.2, 0.25) is 0 Å². The number of carbonyl (C=O) groups is 1. The molecule has 6 nitrogen and oxygen atoms in total. The number of rotatable bonds is 9. The summed E-state index contributed by atoms with van der Waals surface area (Å²) in [5.74, 6) is 0.451. The summed E-state index contributed by atoms with van der Waals surface area (Å²) in [6, 6.07) is 20.0. The van der Waals surface area contributed by atoms with E-state index < -0.39 is 11.5 Å². The average molecular weight is 495 g/mol. The van der Waals surface area contributed by atoms with Gasteiger partial charge >= 0.3 is 5.97 Å². The number of pyridine rings is 1. The summed E-state index contributed by atoms with van der Waals surface area (Å²) in [5, 5.41) is 15.0. The van der Waals surface area contributed by atoms with E-state index in [1.54, 1.807) is 12.4 Å². The van der Waals surface area contributed by atoms with Crippen LogP contribution < -0.4 is 0 Å². The van der Waals surface area contributed by atoms with Gasteiger partial charge in [-0.05, 0) is 61.4 Å². The second-order valence-electron chi connectivity index (χ2n) is 9.41. The molecular formula is C31H30N2O4. The Balaban J connectivity index is 1.31. The first-order chi connectivity index (χ1) is 18.0. The molecule has 2 aromatic heterocycles. The third kappa shape index (κ3) is 5.11. The highest BCUT2D eigenvalue weighted by Crippen LogP contribution is 2.49. The second kappa shape index (κ2) is 10.5. The molecule has 37 heavy (non-hydrogen) atoms. The Labute approximate surface area is 216 Å². The molecule has 6 heteroatoms. The number of benzene rings is 2. The number of ether oxygens (including phenoxy) is 1. The number of carbonyl (C=O) groups excluding carboxylic acids is 1. The highest BCUT2D eigenvalue weighted by Gasteiger charge is 2.52. The van der Waals surface area contributed by atoms with Crippen molar-refractivity contribution in [2.24, 2.45) is 0 Å². The van der Waals surface area contributed by atoms with Crippen molar-refractivity contribution in [2.75, 3.05) is 6.61 Å². The first-order valence-electron chi connectivity index (χ1n) is 12.6. The summed E-state index contributed by atoms with van der Waals surface area (Å²) >= 11 is 0. The van der Waals surface area contributed by atoms with E-state index in [0.29, 0.717) is 30.0 Å². The molecule has 1 saturated carbocycles. The number of hydrogen-bond acceptors (Lipinski definition) is 6. The highest BCUT2D eigenvalue weighted by molar-refractivity contribution is 5.87. The largest absolute Gasteiger partial charge is 0.465 e. The van der Waals surface area contributed by atoms with Crippen LogP contribution in [0.15, 0.2) is 83.7 Å². The molecule has 0 bridgehead atoms. The van der Waals surface area contributed by atoms with Gasteiger partial charge in [0.15, 0.2) is 5.76 Å². The van der Waals surface area contributed by atoms with Gasteiger partial charge in [-0.15, -0.1) is 0 Å². The quantitative estimate of drug-likeness (QED) is 0.269. The third-order valence-electron chi connectivity index (χ3n) is 6.93. The van der Waals surface area contributed by atoms with E-state index >= 15 is 0 Å². The fourth-order valence-electron chi connectivity index (χ4n) is 4.70. The van der Waals surface area contributed by atoms with Gasteiger partial charge in [-0.3, -0.25) is 9.78 Å². The molecule has 2 aromatic carbocycles. The molecule has 1 aliphatic carbocycles. The van der Waals surface area contributed by atoms with Crippen molar-refractivity contribution in [3.05, 3.63) is 102 Å². The van der Waals surface area contributed by atoms with E-state index in [0.717, 1.165) is 40.7 Å². The first kappa shape index (κ1) is 24.7. The number of aliphatic hydroxyl groups excluding tert-OH is 1. The second-order valence-corrected chi connectivity index (χ2v) is 9.41. The van der Waals surface area contributed by atoms with Gasteiger partial charge in [0.05, 0.1) is 29.4 Å². The van der Waals surface area contributed by atoms with E-state index in [1.807, 2.05) is 86.7 Å². The van der Waals surface area contributed by atoms with E-state index in [-0.39, 0.29) is 5.97 Å². The van der Waals surface area contributed by atoms with Gasteiger partial charge in [0, 0.05) is 18.0 Å². The van der Waals surface area contributed by atoms with Crippen LogP contribution in [0, 0.1) is 6.92 Å². The Morgan fingerprint density at radius 1 is 1.08 bits per heavy atom. The lowest BCUT2D eigenvalue weighted by molar-refractivity contribution is -0.146. The first-order valence-corrected chi connectivity index (χ1v) is 12.6. The lowest BCUT2D eigenvalue weighted by atomic mass is 9.93. The molecule has 1 aliphatic rings. The molecule has 1 fully saturated rings. The fourth-order valence-corrected chi connectivity index (χ4v) is 4.70. The summed E-state index contributed by atoms with van der Waals surface area (Å²) in [6.07, 6.45) is 8.74. The molecule has 188 valence electrons. The number of aromatic nitrogens is 2. The SMILES string of the molecule is CCOC(=O)C1(c2ccc(-c3ccc(-c4onc(C)c4C(O)C/C=C/c4cccnc4)cc3)cc2)CC1. The van der Waals surface area contributed by atoms with Gasteiger partial charge in [0.1, 0.15) is 0 Å². The van der Waals surface area contributed by atoms with Gasteiger partial charge < -0.3 is 14.4 Å². The summed E-state index contributed by atoms with van der Waals surface area (Å²) in [4.78, 5) is 16.5. The van der Waals surface area contributed by atoms with Gasteiger partial charge in [0.2, 0.25) is 0 Å². The maximum Gasteiger partial charge on any atom is 0.316 e. The van der Waals surface area contributed by atoms with E-state index in [4.69, 9.17) is 9.26 Å². The number of aryl methyl sites for hydroxylation is 1. The minimum Gasteiger partial charge on any atom is -0.465 e. The van der Waals surface area contributed by atoms with Crippen molar-refractivity contribution < 1.29 is 19.2 Å². The van der Waals surface area contributed by atoms with Crippen LogP contribution in [0.4, 0.5) is 0 Å². The Bertz CT molecular complexity index is 1390. The standard InChI is InChI=1S/C31H30N2O4/c1-3-36-30(35)31(17-18-31)26-15-13-24(14-16-26)23-9-11-25(12-10-23)29-28(21(2)33-37-29)27(34)8-4-6-22-7-5-19-32-20-22/h4-7,9-16,19-20,27,34H,3,8,17-18H2,1-2H3/b6-4+. The number of hydrogen-bond donors (Lipinski definition) is 1. The molecule has 1 unspecified atom stereocenters. The lowest BCUT2D eigenvalue weighted by Gasteiger charge is -2.15. The van der Waals surface area contributed by atoms with Crippen LogP contribution in [-0.2, 0) is 14.9 Å². The minimum absolute atomic E-state index is 0.125. The van der Waals surface area contributed by atoms with E-state index in [1.165, 1.54) is 0 Å². The summed E-state index contributed by atoms with van der Waals surface area (Å²) in [5.41, 5.74) is 5.86. The maximum absolute atomic E-state index is 12.4. The third-order valence-corrected chi connectivity index (χ3v) is 6.93. The van der Waals surface area contributed by atoms with Crippen LogP contribution in [0.3, 0.4) is 0 Å². The number of esters is 1. The van der Waals surface area contributed by atoms with Crippen LogP contribution >= 0.6 is 0 Å². The molecule has 0 aliphatic heterocycles. The Hall–Kier alpha value is -4.03. The Morgan fingerprint density at radius 3 is 2.38 bits per heavy atom.